The first-order valence-corrected chi connectivity index (χ1v) is 10.4. The van der Waals surface area contributed by atoms with Crippen LogP contribution >= 0.6 is 0 Å². The van der Waals surface area contributed by atoms with Gasteiger partial charge in [-0.05, 0) is 76.2 Å². The maximum atomic E-state index is 13.5. The smallest absolute Gasteiger partial charge is 0.123 e. The molecule has 0 spiro atoms. The van der Waals surface area contributed by atoms with Crippen molar-refractivity contribution in [3.8, 4) is 0 Å². The fraction of sp³-hybridized carbons (Fsp3) is 0.400. The summed E-state index contributed by atoms with van der Waals surface area (Å²) < 4.78 is 20.0. The van der Waals surface area contributed by atoms with Gasteiger partial charge in [-0.2, -0.15) is 0 Å². The second kappa shape index (κ2) is 8.21. The molecule has 1 atom stereocenters. The van der Waals surface area contributed by atoms with Crippen molar-refractivity contribution in [2.75, 3.05) is 26.7 Å². The first-order chi connectivity index (χ1) is 14.0. The molecule has 1 aliphatic rings. The predicted molar refractivity (Wildman–Crippen MR) is 116 cm³/mol. The molecule has 152 valence electrons. The number of aryl methyl sites for hydroxylation is 1. The molecular weight excluding hydrogens is 363 g/mol. The Kier molecular flexibility index (Phi) is 5.66. The van der Waals surface area contributed by atoms with Crippen LogP contribution in [0, 0.1) is 12.7 Å². The number of nitrogens with zero attached hydrogens (tertiary/aromatic N) is 2. The first kappa shape index (κ1) is 20.0. The van der Waals surface area contributed by atoms with Gasteiger partial charge in [0.1, 0.15) is 5.82 Å². The minimum Gasteiger partial charge on any atom is -0.373 e. The highest BCUT2D eigenvalue weighted by Crippen LogP contribution is 2.38. The third-order valence-electron chi connectivity index (χ3n) is 6.45. The van der Waals surface area contributed by atoms with Crippen molar-refractivity contribution in [1.82, 2.24) is 9.88 Å². The van der Waals surface area contributed by atoms with Gasteiger partial charge in [-0.25, -0.2) is 4.39 Å². The fourth-order valence-corrected chi connectivity index (χ4v) is 4.52. The number of fused-ring (bicyclic) bond motifs is 1. The second-order valence-corrected chi connectivity index (χ2v) is 8.41. The Morgan fingerprint density at radius 1 is 1.10 bits per heavy atom. The lowest BCUT2D eigenvalue weighted by atomic mass is 9.73. The molecule has 2 heterocycles. The second-order valence-electron chi connectivity index (χ2n) is 8.41. The SMILES string of the molecule is Cc1ccc2cccnc2c1C(C)OCC1(c2ccc(F)cc2)CCN(C)CC1. The molecule has 1 aliphatic heterocycles. The molecule has 1 saturated heterocycles. The summed E-state index contributed by atoms with van der Waals surface area (Å²) in [6, 6.07) is 15.3. The zero-order chi connectivity index (χ0) is 20.4. The monoisotopic (exact) mass is 392 g/mol. The molecule has 3 aromatic rings. The Bertz CT molecular complexity index is 978. The van der Waals surface area contributed by atoms with Gasteiger partial charge < -0.3 is 9.64 Å². The van der Waals surface area contributed by atoms with Crippen LogP contribution < -0.4 is 0 Å². The van der Waals surface area contributed by atoms with Crippen LogP contribution in [0.5, 0.6) is 0 Å². The van der Waals surface area contributed by atoms with E-state index in [1.165, 1.54) is 11.1 Å². The number of pyridine rings is 1. The van der Waals surface area contributed by atoms with Crippen molar-refractivity contribution in [3.63, 3.8) is 0 Å². The number of hydrogen-bond donors (Lipinski definition) is 0. The summed E-state index contributed by atoms with van der Waals surface area (Å²) in [7, 11) is 2.16. The summed E-state index contributed by atoms with van der Waals surface area (Å²) in [5.74, 6) is -0.191. The quantitative estimate of drug-likeness (QED) is 0.579. The van der Waals surface area contributed by atoms with E-state index in [9.17, 15) is 4.39 Å². The average molecular weight is 393 g/mol. The maximum Gasteiger partial charge on any atom is 0.123 e. The number of halogens is 1. The van der Waals surface area contributed by atoms with E-state index in [2.05, 4.69) is 49.0 Å². The van der Waals surface area contributed by atoms with Crippen molar-refractivity contribution in [2.45, 2.75) is 38.2 Å². The van der Waals surface area contributed by atoms with Crippen LogP contribution in [-0.2, 0) is 10.2 Å². The van der Waals surface area contributed by atoms with Crippen LogP contribution in [0.2, 0.25) is 0 Å². The topological polar surface area (TPSA) is 25.4 Å². The lowest BCUT2D eigenvalue weighted by Gasteiger charge is -2.41. The molecule has 4 rings (SSSR count). The van der Waals surface area contributed by atoms with Crippen LogP contribution in [0.4, 0.5) is 4.39 Å². The van der Waals surface area contributed by atoms with Crippen molar-refractivity contribution in [3.05, 3.63) is 77.2 Å². The highest BCUT2D eigenvalue weighted by molar-refractivity contribution is 5.83. The number of benzene rings is 2. The Labute approximate surface area is 172 Å². The normalized spacial score (nSPS) is 18.1. The molecule has 0 aliphatic carbocycles. The lowest BCUT2D eigenvalue weighted by molar-refractivity contribution is 0.00672. The Morgan fingerprint density at radius 2 is 1.83 bits per heavy atom. The Morgan fingerprint density at radius 3 is 2.55 bits per heavy atom. The van der Waals surface area contributed by atoms with E-state index in [1.54, 1.807) is 12.1 Å². The van der Waals surface area contributed by atoms with E-state index in [0.29, 0.717) is 6.61 Å². The fourth-order valence-electron chi connectivity index (χ4n) is 4.52. The third-order valence-corrected chi connectivity index (χ3v) is 6.45. The molecule has 4 heteroatoms. The maximum absolute atomic E-state index is 13.5. The largest absolute Gasteiger partial charge is 0.373 e. The van der Waals surface area contributed by atoms with Gasteiger partial charge in [-0.1, -0.05) is 30.3 Å². The van der Waals surface area contributed by atoms with Crippen LogP contribution in [-0.4, -0.2) is 36.6 Å². The van der Waals surface area contributed by atoms with E-state index in [0.717, 1.165) is 42.4 Å². The van der Waals surface area contributed by atoms with E-state index < -0.39 is 0 Å². The predicted octanol–water partition coefficient (Wildman–Crippen LogP) is 5.42. The Balaban J connectivity index is 1.61. The average Bonchev–Trinajstić information content (AvgIpc) is 2.74. The highest BCUT2D eigenvalue weighted by atomic mass is 19.1. The molecule has 3 nitrogen and oxygen atoms in total. The highest BCUT2D eigenvalue weighted by Gasteiger charge is 2.36. The molecule has 0 bridgehead atoms. The van der Waals surface area contributed by atoms with Crippen molar-refractivity contribution in [2.24, 2.45) is 0 Å². The number of hydrogen-bond acceptors (Lipinski definition) is 3. The first-order valence-electron chi connectivity index (χ1n) is 10.4. The van der Waals surface area contributed by atoms with E-state index in [4.69, 9.17) is 4.74 Å². The van der Waals surface area contributed by atoms with Gasteiger partial charge in [0, 0.05) is 22.6 Å². The van der Waals surface area contributed by atoms with E-state index in [-0.39, 0.29) is 17.3 Å². The molecule has 1 fully saturated rings. The molecule has 0 saturated carbocycles. The standard InChI is InChI=1S/C25H29FN2O/c1-18-6-7-20-5-4-14-27-24(20)23(18)19(2)29-17-25(12-15-28(3)16-13-25)21-8-10-22(26)11-9-21/h4-11,14,19H,12-13,15-17H2,1-3H3. The van der Waals surface area contributed by atoms with Gasteiger partial charge in [0.25, 0.3) is 0 Å². The van der Waals surface area contributed by atoms with Gasteiger partial charge >= 0.3 is 0 Å². The number of ether oxygens (including phenoxy) is 1. The molecule has 0 N–H and O–H groups in total. The zero-order valence-electron chi connectivity index (χ0n) is 17.5. The Hall–Kier alpha value is -2.30. The van der Waals surface area contributed by atoms with E-state index in [1.807, 2.05) is 24.4 Å². The summed E-state index contributed by atoms with van der Waals surface area (Å²) >= 11 is 0. The summed E-state index contributed by atoms with van der Waals surface area (Å²) in [6.07, 6.45) is 3.80. The molecule has 29 heavy (non-hydrogen) atoms. The minimum atomic E-state index is -0.191. The minimum absolute atomic E-state index is 0.0643. The molecule has 2 aromatic carbocycles. The van der Waals surface area contributed by atoms with Gasteiger partial charge in [-0.3, -0.25) is 4.98 Å². The molecular formula is C25H29FN2O. The van der Waals surface area contributed by atoms with Crippen LogP contribution in [0.1, 0.15) is 42.6 Å². The van der Waals surface area contributed by atoms with Gasteiger partial charge in [0.2, 0.25) is 0 Å². The third kappa shape index (κ3) is 4.05. The molecule has 0 amide bonds. The number of rotatable bonds is 5. The summed E-state index contributed by atoms with van der Waals surface area (Å²) in [6.45, 7) is 6.89. The molecule has 1 unspecified atom stereocenters. The van der Waals surface area contributed by atoms with Crippen LogP contribution in [0.3, 0.4) is 0 Å². The van der Waals surface area contributed by atoms with Gasteiger partial charge in [0.15, 0.2) is 0 Å². The zero-order valence-corrected chi connectivity index (χ0v) is 17.5. The lowest BCUT2D eigenvalue weighted by Crippen LogP contribution is -2.44. The number of aromatic nitrogens is 1. The molecule has 0 radical (unpaired) electrons. The van der Waals surface area contributed by atoms with Crippen molar-refractivity contribution < 1.29 is 9.13 Å². The number of piperidine rings is 1. The summed E-state index contributed by atoms with van der Waals surface area (Å²) in [5.41, 5.74) is 4.46. The molecule has 1 aromatic heterocycles. The van der Waals surface area contributed by atoms with Gasteiger partial charge in [0.05, 0.1) is 18.2 Å². The van der Waals surface area contributed by atoms with Crippen molar-refractivity contribution in [1.29, 1.82) is 0 Å². The van der Waals surface area contributed by atoms with E-state index >= 15 is 0 Å². The van der Waals surface area contributed by atoms with Gasteiger partial charge in [-0.15, -0.1) is 0 Å². The van der Waals surface area contributed by atoms with Crippen LogP contribution in [0.15, 0.2) is 54.7 Å². The number of likely N-dealkylation sites (tertiary alicyclic amines) is 1. The summed E-state index contributed by atoms with van der Waals surface area (Å²) in [5, 5.41) is 1.14. The summed E-state index contributed by atoms with van der Waals surface area (Å²) in [4.78, 5) is 6.98. The van der Waals surface area contributed by atoms with Crippen LogP contribution in [0.25, 0.3) is 10.9 Å². The van der Waals surface area contributed by atoms with Crippen molar-refractivity contribution >= 4 is 10.9 Å².